The second-order valence-corrected chi connectivity index (χ2v) is 9.06. The number of Topliss-reactive ketones (excluding diaryl/α,β-unsaturated/α-hetero) is 1. The number of rotatable bonds is 7. The molecule has 2 aromatic carbocycles. The Bertz CT molecular complexity index is 985. The molecule has 0 heterocycles. The number of unbranched alkanes of at least 4 members (excludes halogenated alkanes) is 1. The molecule has 0 saturated heterocycles. The Morgan fingerprint density at radius 1 is 1.04 bits per heavy atom. The predicted molar refractivity (Wildman–Crippen MR) is 102 cm³/mol. The number of carbonyl (C=O) groups is 1. The van der Waals surface area contributed by atoms with Gasteiger partial charge in [-0.3, -0.25) is 4.79 Å². The van der Waals surface area contributed by atoms with Gasteiger partial charge in [0.1, 0.15) is 6.54 Å². The maximum Gasteiger partial charge on any atom is 0.195 e. The Labute approximate surface area is 154 Å². The van der Waals surface area contributed by atoms with Crippen molar-refractivity contribution in [2.45, 2.75) is 12.8 Å². The molecule has 1 aliphatic rings. The van der Waals surface area contributed by atoms with Crippen LogP contribution in [0.5, 0.6) is 0 Å². The fourth-order valence-electron chi connectivity index (χ4n) is 3.58. The average Bonchev–Trinajstić information content (AvgIpc) is 2.55. The molecule has 0 saturated carbocycles. The van der Waals surface area contributed by atoms with E-state index in [4.69, 9.17) is 0 Å². The minimum Gasteiger partial charge on any atom is -0.748 e. The summed E-state index contributed by atoms with van der Waals surface area (Å²) in [5.74, 6) is -0.271. The first-order valence-corrected chi connectivity index (χ1v) is 10.3. The third-order valence-electron chi connectivity index (χ3n) is 4.81. The molecule has 5 nitrogen and oxygen atoms in total. The normalized spacial score (nSPS) is 14.6. The number of hydrogen-bond donors (Lipinski definition) is 0. The van der Waals surface area contributed by atoms with Crippen LogP contribution in [0.25, 0.3) is 16.8 Å². The first-order chi connectivity index (χ1) is 12.2. The van der Waals surface area contributed by atoms with E-state index in [-0.39, 0.29) is 11.5 Å². The molecule has 138 valence electrons. The zero-order chi connectivity index (χ0) is 18.9. The highest BCUT2D eigenvalue weighted by molar-refractivity contribution is 7.85. The molecule has 0 aromatic heterocycles. The predicted octanol–water partition coefficient (Wildman–Crippen LogP) is 2.82. The molecule has 0 aliphatic heterocycles. The van der Waals surface area contributed by atoms with Crippen molar-refractivity contribution in [3.63, 3.8) is 0 Å². The zero-order valence-corrected chi connectivity index (χ0v) is 15.9. The molecule has 2 aromatic rings. The van der Waals surface area contributed by atoms with Crippen LogP contribution in [-0.4, -0.2) is 56.2 Å². The summed E-state index contributed by atoms with van der Waals surface area (Å²) in [5.41, 5.74) is 2.57. The fourth-order valence-corrected chi connectivity index (χ4v) is 4.14. The van der Waals surface area contributed by atoms with E-state index in [2.05, 4.69) is 0 Å². The highest BCUT2D eigenvalue weighted by atomic mass is 32.2. The van der Waals surface area contributed by atoms with E-state index in [0.29, 0.717) is 30.4 Å². The van der Waals surface area contributed by atoms with Crippen molar-refractivity contribution >= 4 is 32.7 Å². The summed E-state index contributed by atoms with van der Waals surface area (Å²) in [6, 6.07) is 11.8. The first kappa shape index (κ1) is 18.8. The van der Waals surface area contributed by atoms with Gasteiger partial charge in [0, 0.05) is 16.7 Å². The van der Waals surface area contributed by atoms with Crippen molar-refractivity contribution in [3.05, 3.63) is 53.1 Å². The maximum atomic E-state index is 12.9. The first-order valence-electron chi connectivity index (χ1n) is 8.69. The number of benzene rings is 2. The molecule has 0 fully saturated rings. The average molecular weight is 373 g/mol. The van der Waals surface area contributed by atoms with E-state index >= 15 is 0 Å². The minimum absolute atomic E-state index is 0.0580. The van der Waals surface area contributed by atoms with Gasteiger partial charge in [-0.1, -0.05) is 36.4 Å². The highest BCUT2D eigenvalue weighted by Gasteiger charge is 2.27. The molecule has 26 heavy (non-hydrogen) atoms. The monoisotopic (exact) mass is 373 g/mol. The number of nitrogens with zero attached hydrogens (tertiary/aromatic N) is 1. The number of hydrogen-bond acceptors (Lipinski definition) is 4. The summed E-state index contributed by atoms with van der Waals surface area (Å²) >= 11 is 0. The van der Waals surface area contributed by atoms with Gasteiger partial charge in [0.05, 0.1) is 36.3 Å². The lowest BCUT2D eigenvalue weighted by Gasteiger charge is -2.31. The van der Waals surface area contributed by atoms with E-state index in [1.165, 1.54) is 0 Å². The second kappa shape index (κ2) is 6.95. The molecule has 3 rings (SSSR count). The number of ketones is 1. The molecule has 0 atom stereocenters. The molecule has 0 N–H and O–H groups in total. The van der Waals surface area contributed by atoms with Crippen molar-refractivity contribution in [1.82, 2.24) is 0 Å². The van der Waals surface area contributed by atoms with E-state index in [9.17, 15) is 17.8 Å². The van der Waals surface area contributed by atoms with Gasteiger partial charge < -0.3 is 9.04 Å². The summed E-state index contributed by atoms with van der Waals surface area (Å²) in [5, 5.41) is 2.07. The minimum atomic E-state index is -4.16. The van der Waals surface area contributed by atoms with Gasteiger partial charge in [-0.05, 0) is 29.9 Å². The van der Waals surface area contributed by atoms with Crippen molar-refractivity contribution in [2.24, 2.45) is 0 Å². The highest BCUT2D eigenvalue weighted by Crippen LogP contribution is 2.31. The standard InChI is InChI=1S/C20H23NO4S/c1-21(2,11-3-4-12-26(23,24)25)14-17-13-16-9-5-7-15-8-6-10-18(19(15)16)20(17)22/h5-10,13H,3-4,11-12,14H2,1-2H3. The van der Waals surface area contributed by atoms with Gasteiger partial charge in [0.15, 0.2) is 5.78 Å². The Morgan fingerprint density at radius 3 is 2.42 bits per heavy atom. The van der Waals surface area contributed by atoms with Crippen LogP contribution in [0.4, 0.5) is 0 Å². The molecule has 0 unspecified atom stereocenters. The van der Waals surface area contributed by atoms with Crippen molar-refractivity contribution < 1.29 is 22.2 Å². The Morgan fingerprint density at radius 2 is 1.73 bits per heavy atom. The topological polar surface area (TPSA) is 74.3 Å². The Kier molecular flexibility index (Phi) is 5.01. The maximum absolute atomic E-state index is 12.9. The van der Waals surface area contributed by atoms with Gasteiger partial charge in [0.25, 0.3) is 0 Å². The molecule has 1 aliphatic carbocycles. The number of quaternary nitrogens is 1. The summed E-state index contributed by atoms with van der Waals surface area (Å²) < 4.78 is 32.7. The van der Waals surface area contributed by atoms with E-state index in [1.807, 2.05) is 56.6 Å². The van der Waals surface area contributed by atoms with Crippen LogP contribution in [0.1, 0.15) is 28.8 Å². The summed E-state index contributed by atoms with van der Waals surface area (Å²) in [6.07, 6.45) is 2.95. The van der Waals surface area contributed by atoms with Crippen LogP contribution in [0.15, 0.2) is 42.0 Å². The second-order valence-electron chi connectivity index (χ2n) is 7.54. The van der Waals surface area contributed by atoms with Crippen molar-refractivity contribution in [1.29, 1.82) is 0 Å². The lowest BCUT2D eigenvalue weighted by Crippen LogP contribution is -2.43. The summed E-state index contributed by atoms with van der Waals surface area (Å²) in [4.78, 5) is 12.9. The van der Waals surface area contributed by atoms with Crippen LogP contribution in [0, 0.1) is 0 Å². The van der Waals surface area contributed by atoms with Crippen LogP contribution >= 0.6 is 0 Å². The van der Waals surface area contributed by atoms with E-state index in [1.54, 1.807) is 0 Å². The van der Waals surface area contributed by atoms with Crippen molar-refractivity contribution in [3.8, 4) is 0 Å². The largest absolute Gasteiger partial charge is 0.748 e. The molecular weight excluding hydrogens is 350 g/mol. The van der Waals surface area contributed by atoms with Gasteiger partial charge in [-0.25, -0.2) is 8.42 Å². The third-order valence-corrected chi connectivity index (χ3v) is 5.60. The van der Waals surface area contributed by atoms with Gasteiger partial charge in [0.2, 0.25) is 0 Å². The van der Waals surface area contributed by atoms with E-state index < -0.39 is 10.1 Å². The lowest BCUT2D eigenvalue weighted by atomic mass is 9.87. The van der Waals surface area contributed by atoms with Crippen molar-refractivity contribution in [2.75, 3.05) is 32.9 Å². The number of likely N-dealkylation sites (N-methyl/N-ethyl adjacent to an activating group) is 1. The lowest BCUT2D eigenvalue weighted by molar-refractivity contribution is -0.885. The Hall–Kier alpha value is -2.02. The summed E-state index contributed by atoms with van der Waals surface area (Å²) in [6.45, 7) is 1.26. The van der Waals surface area contributed by atoms with Crippen LogP contribution in [-0.2, 0) is 10.1 Å². The van der Waals surface area contributed by atoms with E-state index in [0.717, 1.165) is 27.5 Å². The number of carbonyl (C=O) groups excluding carboxylic acids is 1. The fraction of sp³-hybridized carbons (Fsp3) is 0.350. The quantitative estimate of drug-likeness (QED) is 0.425. The molecule has 6 heteroatoms. The van der Waals surface area contributed by atoms with Gasteiger partial charge >= 0.3 is 0 Å². The Balaban J connectivity index is 1.76. The van der Waals surface area contributed by atoms with Crippen LogP contribution < -0.4 is 0 Å². The smallest absolute Gasteiger partial charge is 0.195 e. The van der Waals surface area contributed by atoms with Gasteiger partial charge in [-0.2, -0.15) is 0 Å². The van der Waals surface area contributed by atoms with Gasteiger partial charge in [-0.15, -0.1) is 0 Å². The zero-order valence-electron chi connectivity index (χ0n) is 15.1. The molecule has 0 amide bonds. The van der Waals surface area contributed by atoms with Crippen LogP contribution in [0.3, 0.4) is 0 Å². The molecule has 0 spiro atoms. The molecular formula is C20H23NO4S. The summed E-state index contributed by atoms with van der Waals surface area (Å²) in [7, 11) is -0.126. The third kappa shape index (κ3) is 4.20. The van der Waals surface area contributed by atoms with Crippen LogP contribution in [0.2, 0.25) is 0 Å². The molecule has 0 bridgehead atoms. The SMILES string of the molecule is C[N+](C)(CCCCS(=O)(=O)[O-])CC1=Cc2cccc3cccc(c23)C1=O. The molecule has 0 radical (unpaired) electrons.